The van der Waals surface area contributed by atoms with Crippen molar-refractivity contribution in [3.63, 3.8) is 0 Å². The molecule has 0 atom stereocenters. The second-order valence-corrected chi connectivity index (χ2v) is 14.3. The second-order valence-electron chi connectivity index (χ2n) is 14.3. The van der Waals surface area contributed by atoms with Crippen LogP contribution in [0.3, 0.4) is 0 Å². The molecular weight excluding hydrogens is 653 g/mol. The topological polar surface area (TPSA) is 25.8 Å². The number of hydrogen-bond acceptors (Lipinski definition) is 2. The summed E-state index contributed by atoms with van der Waals surface area (Å²) >= 11 is 0. The van der Waals surface area contributed by atoms with Crippen LogP contribution in [0.25, 0.3) is 93.1 Å². The Morgan fingerprint density at radius 1 is 0.370 bits per heavy atom. The SMILES string of the molecule is C1=C(c2cccc(-c3c4ccccc4c(-c4cc5cccnc5c5ncccc45)c4ccccc34)c2)c2ccc3ccccc3c2-c2ccccc2CC1. The van der Waals surface area contributed by atoms with E-state index in [0.29, 0.717) is 0 Å². The van der Waals surface area contributed by atoms with Crippen LogP contribution in [-0.2, 0) is 6.42 Å². The molecule has 0 bridgehead atoms. The Balaban J connectivity index is 1.16. The Morgan fingerprint density at radius 3 is 1.81 bits per heavy atom. The molecule has 252 valence electrons. The smallest absolute Gasteiger partial charge is 0.0970 e. The summed E-state index contributed by atoms with van der Waals surface area (Å²) in [7, 11) is 0. The van der Waals surface area contributed by atoms with Gasteiger partial charge in [-0.05, 0) is 125 Å². The fourth-order valence-electron chi connectivity index (χ4n) is 9.08. The number of allylic oxidation sites excluding steroid dienone is 1. The van der Waals surface area contributed by atoms with Crippen molar-refractivity contribution >= 4 is 59.7 Å². The summed E-state index contributed by atoms with van der Waals surface area (Å²) in [6.07, 6.45) is 8.19. The van der Waals surface area contributed by atoms with Gasteiger partial charge in [0.1, 0.15) is 0 Å². The van der Waals surface area contributed by atoms with E-state index in [-0.39, 0.29) is 0 Å². The van der Waals surface area contributed by atoms with Crippen LogP contribution >= 0.6 is 0 Å². The Morgan fingerprint density at radius 2 is 1.00 bits per heavy atom. The molecule has 0 saturated heterocycles. The van der Waals surface area contributed by atoms with Gasteiger partial charge in [0.25, 0.3) is 0 Å². The van der Waals surface area contributed by atoms with Crippen LogP contribution in [0.15, 0.2) is 182 Å². The fraction of sp³-hybridized carbons (Fsp3) is 0.0385. The first-order valence-corrected chi connectivity index (χ1v) is 18.8. The molecular formula is C52H34N2. The quantitative estimate of drug-likeness (QED) is 0.137. The van der Waals surface area contributed by atoms with Crippen molar-refractivity contribution in [2.45, 2.75) is 12.8 Å². The average molecular weight is 687 g/mol. The Kier molecular flexibility index (Phi) is 7.03. The second kappa shape index (κ2) is 12.4. The predicted molar refractivity (Wildman–Crippen MR) is 228 cm³/mol. The van der Waals surface area contributed by atoms with E-state index >= 15 is 0 Å². The first-order chi connectivity index (χ1) is 26.8. The molecule has 2 nitrogen and oxygen atoms in total. The molecule has 0 spiro atoms. The highest BCUT2D eigenvalue weighted by molar-refractivity contribution is 6.25. The lowest BCUT2D eigenvalue weighted by Crippen LogP contribution is -2.00. The van der Waals surface area contributed by atoms with Crippen molar-refractivity contribution in [3.05, 3.63) is 199 Å². The molecule has 0 N–H and O–H groups in total. The fourth-order valence-corrected chi connectivity index (χ4v) is 9.08. The highest BCUT2D eigenvalue weighted by atomic mass is 14.7. The zero-order chi connectivity index (χ0) is 35.6. The monoisotopic (exact) mass is 686 g/mol. The van der Waals surface area contributed by atoms with Gasteiger partial charge in [0.15, 0.2) is 0 Å². The van der Waals surface area contributed by atoms with Gasteiger partial charge in [-0.3, -0.25) is 9.97 Å². The molecule has 2 heterocycles. The zero-order valence-corrected chi connectivity index (χ0v) is 29.6. The number of rotatable bonds is 3. The summed E-state index contributed by atoms with van der Waals surface area (Å²) in [5, 5.41) is 9.68. The van der Waals surface area contributed by atoms with E-state index in [9.17, 15) is 0 Å². The number of nitrogens with zero attached hydrogens (tertiary/aromatic N) is 2. The van der Waals surface area contributed by atoms with Gasteiger partial charge in [-0.2, -0.15) is 0 Å². The van der Waals surface area contributed by atoms with Gasteiger partial charge in [-0.1, -0.05) is 146 Å². The van der Waals surface area contributed by atoms with Crippen molar-refractivity contribution in [2.24, 2.45) is 0 Å². The summed E-state index contributed by atoms with van der Waals surface area (Å²) in [4.78, 5) is 9.62. The number of hydrogen-bond donors (Lipinski definition) is 0. The van der Waals surface area contributed by atoms with Crippen molar-refractivity contribution in [1.29, 1.82) is 0 Å². The van der Waals surface area contributed by atoms with E-state index in [1.807, 2.05) is 24.5 Å². The average Bonchev–Trinajstić information content (AvgIpc) is 3.23. The van der Waals surface area contributed by atoms with Crippen molar-refractivity contribution < 1.29 is 0 Å². The summed E-state index contributed by atoms with van der Waals surface area (Å²) in [5.41, 5.74) is 14.6. The van der Waals surface area contributed by atoms with Gasteiger partial charge >= 0.3 is 0 Å². The van der Waals surface area contributed by atoms with E-state index in [0.717, 1.165) is 34.6 Å². The zero-order valence-electron chi connectivity index (χ0n) is 29.6. The third kappa shape index (κ3) is 4.74. The summed E-state index contributed by atoms with van der Waals surface area (Å²) in [5.74, 6) is 0. The highest BCUT2D eigenvalue weighted by Gasteiger charge is 2.22. The van der Waals surface area contributed by atoms with E-state index in [2.05, 4.69) is 158 Å². The molecule has 54 heavy (non-hydrogen) atoms. The minimum atomic E-state index is 0.929. The Labute approximate surface area is 313 Å². The maximum absolute atomic E-state index is 4.86. The van der Waals surface area contributed by atoms with Crippen LogP contribution in [0.2, 0.25) is 0 Å². The van der Waals surface area contributed by atoms with Crippen LogP contribution in [0.4, 0.5) is 0 Å². The lowest BCUT2D eigenvalue weighted by molar-refractivity contribution is 1.00. The van der Waals surface area contributed by atoms with Gasteiger partial charge in [-0.25, -0.2) is 0 Å². The molecule has 2 aromatic heterocycles. The molecule has 0 radical (unpaired) electrons. The van der Waals surface area contributed by atoms with Crippen LogP contribution in [-0.4, -0.2) is 9.97 Å². The third-order valence-corrected chi connectivity index (χ3v) is 11.4. The number of benzene rings is 8. The maximum atomic E-state index is 4.86. The highest BCUT2D eigenvalue weighted by Crippen LogP contribution is 2.47. The minimum Gasteiger partial charge on any atom is -0.254 e. The summed E-state index contributed by atoms with van der Waals surface area (Å²) in [6.45, 7) is 0. The van der Waals surface area contributed by atoms with Crippen LogP contribution < -0.4 is 0 Å². The van der Waals surface area contributed by atoms with Crippen molar-refractivity contribution in [1.82, 2.24) is 9.97 Å². The molecule has 0 amide bonds. The molecule has 0 saturated carbocycles. The predicted octanol–water partition coefficient (Wildman–Crippen LogP) is 13.6. The molecule has 0 unspecified atom stereocenters. The van der Waals surface area contributed by atoms with Gasteiger partial charge in [0.05, 0.1) is 11.0 Å². The molecule has 1 aliphatic rings. The third-order valence-electron chi connectivity index (χ3n) is 11.4. The lowest BCUT2D eigenvalue weighted by atomic mass is 9.81. The van der Waals surface area contributed by atoms with Crippen molar-refractivity contribution in [3.8, 4) is 33.4 Å². The van der Waals surface area contributed by atoms with Crippen LogP contribution in [0.1, 0.15) is 23.1 Å². The number of fused-ring (bicyclic) bond motifs is 10. The Hall–Kier alpha value is -6.90. The lowest BCUT2D eigenvalue weighted by Gasteiger charge is -2.22. The van der Waals surface area contributed by atoms with Gasteiger partial charge in [0, 0.05) is 23.2 Å². The normalized spacial score (nSPS) is 12.8. The number of pyridine rings is 2. The number of aromatic nitrogens is 2. The van der Waals surface area contributed by atoms with E-state index in [4.69, 9.17) is 9.97 Å². The molecule has 8 aromatic carbocycles. The van der Waals surface area contributed by atoms with E-state index in [1.165, 1.54) is 88.0 Å². The Bertz CT molecular complexity index is 3110. The standard InChI is InChI=1S/C52H34N2/c1-3-19-39-33(13-1)15-10-25-38(45-28-27-34-14-2-4-20-40(34)49(39)45)35-16-9-17-36(31-35)48-41-21-5-7-23-43(41)50(44-24-8-6-22-42(44)48)47-32-37-18-11-29-53-51(37)52-46(47)26-12-30-54-52/h1-9,11-14,16-32H,10,15H2. The molecule has 0 aliphatic heterocycles. The molecule has 10 aromatic rings. The molecule has 0 fully saturated rings. The largest absolute Gasteiger partial charge is 0.254 e. The van der Waals surface area contributed by atoms with Gasteiger partial charge in [0.2, 0.25) is 0 Å². The summed E-state index contributed by atoms with van der Waals surface area (Å²) < 4.78 is 0. The van der Waals surface area contributed by atoms with Gasteiger partial charge < -0.3 is 0 Å². The first kappa shape index (κ1) is 30.7. The maximum Gasteiger partial charge on any atom is 0.0970 e. The van der Waals surface area contributed by atoms with Crippen LogP contribution in [0.5, 0.6) is 0 Å². The summed E-state index contributed by atoms with van der Waals surface area (Å²) in [6, 6.07) is 60.2. The van der Waals surface area contributed by atoms with E-state index < -0.39 is 0 Å². The number of aryl methyl sites for hydroxylation is 1. The van der Waals surface area contributed by atoms with E-state index in [1.54, 1.807) is 0 Å². The van der Waals surface area contributed by atoms with Crippen LogP contribution in [0, 0.1) is 0 Å². The van der Waals surface area contributed by atoms with Gasteiger partial charge in [-0.15, -0.1) is 0 Å². The van der Waals surface area contributed by atoms with Crippen molar-refractivity contribution in [2.75, 3.05) is 0 Å². The molecule has 1 aliphatic carbocycles. The molecule has 11 rings (SSSR count). The first-order valence-electron chi connectivity index (χ1n) is 18.8. The molecule has 2 heteroatoms. The minimum absolute atomic E-state index is 0.929.